The maximum atomic E-state index is 12.3. The molecule has 1 aliphatic heterocycles. The molecule has 0 aliphatic carbocycles. The fourth-order valence-corrected chi connectivity index (χ4v) is 4.09. The number of hydrogen-bond acceptors (Lipinski definition) is 6. The van der Waals surface area contributed by atoms with E-state index in [0.29, 0.717) is 34.7 Å². The fraction of sp³-hybridized carbons (Fsp3) is 0.308. The molecule has 7 heteroatoms. The molecule has 7 nitrogen and oxygen atoms in total. The molecule has 1 amide bonds. The molecular formula is C26H28N2O5. The molecule has 0 saturated carbocycles. The van der Waals surface area contributed by atoms with Gasteiger partial charge in [0.1, 0.15) is 18.0 Å². The first-order valence-electron chi connectivity index (χ1n) is 10.8. The van der Waals surface area contributed by atoms with Crippen molar-refractivity contribution in [3.63, 3.8) is 0 Å². The molecule has 2 unspecified atom stereocenters. The topological polar surface area (TPSA) is 101 Å². The Morgan fingerprint density at radius 3 is 2.58 bits per heavy atom. The van der Waals surface area contributed by atoms with Crippen molar-refractivity contribution in [1.82, 2.24) is 4.98 Å². The van der Waals surface area contributed by atoms with Gasteiger partial charge >= 0.3 is 0 Å². The number of benzene rings is 2. The number of aliphatic hydroxyl groups excluding tert-OH is 1. The molecule has 3 N–H and O–H groups in total. The Labute approximate surface area is 193 Å². The number of aromatic hydroxyl groups is 1. The van der Waals surface area contributed by atoms with Gasteiger partial charge in [-0.15, -0.1) is 0 Å². The fourth-order valence-electron chi connectivity index (χ4n) is 4.09. The Bertz CT molecular complexity index is 1180. The molecule has 2 atom stereocenters. The normalized spacial score (nSPS) is 19.4. The van der Waals surface area contributed by atoms with E-state index in [1.165, 1.54) is 6.20 Å². The van der Waals surface area contributed by atoms with Crippen LogP contribution in [0.25, 0.3) is 0 Å². The van der Waals surface area contributed by atoms with Crippen LogP contribution in [0.2, 0.25) is 0 Å². The molecule has 1 aromatic heterocycles. The maximum Gasteiger partial charge on any atom is 0.257 e. The molecule has 33 heavy (non-hydrogen) atoms. The molecule has 4 rings (SSSR count). The Kier molecular flexibility index (Phi) is 5.99. The maximum absolute atomic E-state index is 12.3. The van der Waals surface area contributed by atoms with Gasteiger partial charge in [-0.2, -0.15) is 0 Å². The second kappa shape index (κ2) is 8.75. The third kappa shape index (κ3) is 4.50. The van der Waals surface area contributed by atoms with Crippen molar-refractivity contribution in [2.24, 2.45) is 0 Å². The van der Waals surface area contributed by atoms with Gasteiger partial charge in [-0.1, -0.05) is 0 Å². The van der Waals surface area contributed by atoms with E-state index in [1.54, 1.807) is 42.6 Å². The number of carbonyl (C=O) groups excluding carboxylic acids is 1. The van der Waals surface area contributed by atoms with Gasteiger partial charge < -0.3 is 25.0 Å². The first-order valence-corrected chi connectivity index (χ1v) is 10.8. The average Bonchev–Trinajstić information content (AvgIpc) is 2.81. The zero-order valence-electron chi connectivity index (χ0n) is 19.2. The largest absolute Gasteiger partial charge is 0.504 e. The minimum absolute atomic E-state index is 0.0618. The second-order valence-corrected chi connectivity index (χ2v) is 8.75. The average molecular weight is 449 g/mol. The zero-order valence-corrected chi connectivity index (χ0v) is 19.2. The number of nitrogens with one attached hydrogen (secondary N) is 1. The number of amides is 1. The summed E-state index contributed by atoms with van der Waals surface area (Å²) in [6.07, 6.45) is 2.69. The van der Waals surface area contributed by atoms with E-state index in [4.69, 9.17) is 9.47 Å². The highest BCUT2D eigenvalue weighted by Crippen LogP contribution is 2.48. The van der Waals surface area contributed by atoms with E-state index < -0.39 is 11.7 Å². The standard InChI is InChI=1S/C26H28N2O5/c1-15-16(2)22-21(29)12-26(4,33-24(22)23(30)17(15)3)14-32-20-9-7-19(8-10-20)28-25(31)18-6-5-11-27-13-18/h5-11,13,21,29-30H,12,14H2,1-4H3,(H,28,31). The van der Waals surface area contributed by atoms with Crippen molar-refractivity contribution in [2.75, 3.05) is 11.9 Å². The van der Waals surface area contributed by atoms with E-state index in [0.717, 1.165) is 16.7 Å². The van der Waals surface area contributed by atoms with Gasteiger partial charge in [-0.3, -0.25) is 9.78 Å². The molecule has 0 fully saturated rings. The number of ether oxygens (including phenoxy) is 2. The smallest absolute Gasteiger partial charge is 0.257 e. The quantitative estimate of drug-likeness (QED) is 0.527. The number of anilines is 1. The number of rotatable bonds is 5. The predicted octanol–water partition coefficient (Wildman–Crippen LogP) is 4.62. The number of aromatic nitrogens is 1. The number of nitrogens with zero attached hydrogens (tertiary/aromatic N) is 1. The first kappa shape index (κ1) is 22.6. The Morgan fingerprint density at radius 1 is 1.18 bits per heavy atom. The van der Waals surface area contributed by atoms with Gasteiger partial charge in [-0.05, 0) is 80.8 Å². The molecule has 0 saturated heterocycles. The molecule has 0 bridgehead atoms. The highest BCUT2D eigenvalue weighted by molar-refractivity contribution is 6.04. The van der Waals surface area contributed by atoms with Crippen LogP contribution in [0.15, 0.2) is 48.8 Å². The third-order valence-electron chi connectivity index (χ3n) is 6.23. The number of pyridine rings is 1. The van der Waals surface area contributed by atoms with Crippen LogP contribution >= 0.6 is 0 Å². The molecule has 2 heterocycles. The van der Waals surface area contributed by atoms with Crippen LogP contribution in [-0.4, -0.2) is 33.3 Å². The highest BCUT2D eigenvalue weighted by atomic mass is 16.6. The summed E-state index contributed by atoms with van der Waals surface area (Å²) in [5.74, 6) is 0.744. The molecule has 0 radical (unpaired) electrons. The summed E-state index contributed by atoms with van der Waals surface area (Å²) >= 11 is 0. The number of carbonyl (C=O) groups is 1. The van der Waals surface area contributed by atoms with Gasteiger partial charge in [0.2, 0.25) is 0 Å². The SMILES string of the molecule is Cc1c(C)c(O)c2c(c1C)C(O)CC(C)(COc1ccc(NC(=O)c3cccnc3)cc1)O2. The predicted molar refractivity (Wildman–Crippen MR) is 125 cm³/mol. The van der Waals surface area contributed by atoms with Crippen LogP contribution in [0.1, 0.15) is 52.1 Å². The first-order chi connectivity index (χ1) is 15.7. The number of fused-ring (bicyclic) bond motifs is 1. The lowest BCUT2D eigenvalue weighted by Crippen LogP contribution is -2.43. The second-order valence-electron chi connectivity index (χ2n) is 8.75. The van der Waals surface area contributed by atoms with E-state index in [-0.39, 0.29) is 18.3 Å². The highest BCUT2D eigenvalue weighted by Gasteiger charge is 2.40. The van der Waals surface area contributed by atoms with Gasteiger partial charge in [0.15, 0.2) is 11.5 Å². The van der Waals surface area contributed by atoms with Gasteiger partial charge in [-0.25, -0.2) is 0 Å². The van der Waals surface area contributed by atoms with Crippen molar-refractivity contribution < 1.29 is 24.5 Å². The summed E-state index contributed by atoms with van der Waals surface area (Å²) in [5, 5.41) is 24.3. The lowest BCUT2D eigenvalue weighted by atomic mass is 9.85. The lowest BCUT2D eigenvalue weighted by Gasteiger charge is -2.39. The van der Waals surface area contributed by atoms with Gasteiger partial charge in [0, 0.05) is 30.1 Å². The van der Waals surface area contributed by atoms with Crippen LogP contribution < -0.4 is 14.8 Å². The van der Waals surface area contributed by atoms with Crippen molar-refractivity contribution in [3.05, 3.63) is 76.6 Å². The molecule has 1 aliphatic rings. The van der Waals surface area contributed by atoms with E-state index in [1.807, 2.05) is 27.7 Å². The number of phenols is 1. The van der Waals surface area contributed by atoms with Crippen molar-refractivity contribution >= 4 is 11.6 Å². The van der Waals surface area contributed by atoms with Gasteiger partial charge in [0.05, 0.1) is 11.7 Å². The Hall–Kier alpha value is -3.58. The van der Waals surface area contributed by atoms with Crippen molar-refractivity contribution in [2.45, 2.75) is 45.8 Å². The minimum atomic E-state index is -0.828. The van der Waals surface area contributed by atoms with Crippen LogP contribution in [0.5, 0.6) is 17.2 Å². The molecule has 3 aromatic rings. The van der Waals surface area contributed by atoms with Crippen LogP contribution in [0, 0.1) is 20.8 Å². The number of aliphatic hydroxyl groups is 1. The van der Waals surface area contributed by atoms with Crippen molar-refractivity contribution in [1.29, 1.82) is 0 Å². The molecular weight excluding hydrogens is 420 g/mol. The summed E-state index contributed by atoms with van der Waals surface area (Å²) in [6.45, 7) is 7.73. The summed E-state index contributed by atoms with van der Waals surface area (Å²) < 4.78 is 12.1. The van der Waals surface area contributed by atoms with Crippen molar-refractivity contribution in [3.8, 4) is 17.2 Å². The Morgan fingerprint density at radius 2 is 1.91 bits per heavy atom. The molecule has 172 valence electrons. The third-order valence-corrected chi connectivity index (χ3v) is 6.23. The summed E-state index contributed by atoms with van der Waals surface area (Å²) in [7, 11) is 0. The lowest BCUT2D eigenvalue weighted by molar-refractivity contribution is -0.0322. The van der Waals surface area contributed by atoms with Crippen LogP contribution in [0.4, 0.5) is 5.69 Å². The molecule has 0 spiro atoms. The summed E-state index contributed by atoms with van der Waals surface area (Å²) in [4.78, 5) is 16.2. The summed E-state index contributed by atoms with van der Waals surface area (Å²) in [5.41, 5.74) is 3.54. The number of hydrogen-bond donors (Lipinski definition) is 3. The minimum Gasteiger partial charge on any atom is -0.504 e. The van der Waals surface area contributed by atoms with E-state index in [2.05, 4.69) is 10.3 Å². The Balaban J connectivity index is 1.44. The van der Waals surface area contributed by atoms with Crippen LogP contribution in [0.3, 0.4) is 0 Å². The van der Waals surface area contributed by atoms with E-state index in [9.17, 15) is 15.0 Å². The number of phenolic OH excluding ortho intramolecular Hbond substituents is 1. The monoisotopic (exact) mass is 448 g/mol. The zero-order chi connectivity index (χ0) is 23.8. The van der Waals surface area contributed by atoms with Gasteiger partial charge in [0.25, 0.3) is 5.91 Å². The molecule has 2 aromatic carbocycles. The van der Waals surface area contributed by atoms with E-state index >= 15 is 0 Å². The van der Waals surface area contributed by atoms with Crippen LogP contribution in [-0.2, 0) is 0 Å². The summed E-state index contributed by atoms with van der Waals surface area (Å²) in [6, 6.07) is 10.4.